The van der Waals surface area contributed by atoms with Gasteiger partial charge in [0.05, 0.1) is 12.0 Å². The van der Waals surface area contributed by atoms with Crippen molar-refractivity contribution in [1.82, 2.24) is 10.3 Å². The first-order valence-electron chi connectivity index (χ1n) is 5.60. The summed E-state index contributed by atoms with van der Waals surface area (Å²) in [6.07, 6.45) is 2.60. The lowest BCUT2D eigenvalue weighted by Crippen LogP contribution is -2.37. The average Bonchev–Trinajstić information content (AvgIpc) is 2.76. The Balaban J connectivity index is 2.07. The number of rotatable bonds is 2. The third kappa shape index (κ3) is 2.53. The first-order valence-corrected chi connectivity index (χ1v) is 5.60. The van der Waals surface area contributed by atoms with Gasteiger partial charge in [0.15, 0.2) is 0 Å². The first kappa shape index (κ1) is 11.4. The molecule has 0 bridgehead atoms. The van der Waals surface area contributed by atoms with E-state index in [2.05, 4.69) is 16.4 Å². The quantitative estimate of drug-likeness (QED) is 0.789. The molecule has 5 nitrogen and oxygen atoms in total. The lowest BCUT2D eigenvalue weighted by atomic mass is 10.1. The summed E-state index contributed by atoms with van der Waals surface area (Å²) in [6, 6.07) is 6.53. The van der Waals surface area contributed by atoms with Crippen molar-refractivity contribution in [2.45, 2.75) is 25.3 Å². The normalized spacial score (nSPS) is 23.0. The summed E-state index contributed by atoms with van der Waals surface area (Å²) in [5.41, 5.74) is -0.0676. The van der Waals surface area contributed by atoms with Crippen LogP contribution < -0.4 is 10.9 Å². The molecule has 1 amide bonds. The van der Waals surface area contributed by atoms with E-state index in [1.165, 1.54) is 12.1 Å². The van der Waals surface area contributed by atoms with Crippen LogP contribution in [0.1, 0.15) is 29.8 Å². The number of hydrogen-bond acceptors (Lipinski definition) is 3. The highest BCUT2D eigenvalue weighted by atomic mass is 16.2. The molecular weight excluding hydrogens is 218 g/mol. The fourth-order valence-electron chi connectivity index (χ4n) is 2.11. The number of nitrogens with one attached hydrogen (secondary N) is 2. The standard InChI is InChI=1S/C12H13N3O2/c13-7-8-3-1-4-9(8)15-12(17)10-5-2-6-11(16)14-10/h2,5-6,8-9H,1,3-4H2,(H,14,16)(H,15,17)/t8-,9+/m1/s1. The van der Waals surface area contributed by atoms with Crippen molar-refractivity contribution in [3.8, 4) is 6.07 Å². The zero-order chi connectivity index (χ0) is 12.3. The van der Waals surface area contributed by atoms with Crippen LogP contribution in [0.2, 0.25) is 0 Å². The van der Waals surface area contributed by atoms with Crippen LogP contribution in [0.3, 0.4) is 0 Å². The Bertz CT molecular complexity index is 515. The van der Waals surface area contributed by atoms with Gasteiger partial charge in [-0.05, 0) is 25.3 Å². The highest BCUT2D eigenvalue weighted by molar-refractivity contribution is 5.92. The summed E-state index contributed by atoms with van der Waals surface area (Å²) in [5, 5.41) is 11.7. The van der Waals surface area contributed by atoms with Crippen LogP contribution in [0, 0.1) is 17.2 Å². The summed E-state index contributed by atoms with van der Waals surface area (Å²) >= 11 is 0. The van der Waals surface area contributed by atoms with Crippen LogP contribution in [0.15, 0.2) is 23.0 Å². The van der Waals surface area contributed by atoms with E-state index in [9.17, 15) is 9.59 Å². The fourth-order valence-corrected chi connectivity index (χ4v) is 2.11. The van der Waals surface area contributed by atoms with Gasteiger partial charge in [-0.1, -0.05) is 6.07 Å². The molecule has 1 aliphatic carbocycles. The summed E-state index contributed by atoms with van der Waals surface area (Å²) in [7, 11) is 0. The molecule has 1 saturated carbocycles. The summed E-state index contributed by atoms with van der Waals surface area (Å²) < 4.78 is 0. The van der Waals surface area contributed by atoms with Gasteiger partial charge in [0.1, 0.15) is 5.69 Å². The second-order valence-electron chi connectivity index (χ2n) is 4.18. The minimum absolute atomic E-state index is 0.101. The number of aromatic amines is 1. The van der Waals surface area contributed by atoms with Gasteiger partial charge in [0.2, 0.25) is 5.56 Å². The largest absolute Gasteiger partial charge is 0.347 e. The molecule has 1 heterocycles. The highest BCUT2D eigenvalue weighted by Crippen LogP contribution is 2.24. The number of carbonyl (C=O) groups excluding carboxylic acids is 1. The lowest BCUT2D eigenvalue weighted by molar-refractivity contribution is 0.0927. The van der Waals surface area contributed by atoms with Gasteiger partial charge in [0, 0.05) is 12.1 Å². The SMILES string of the molecule is N#C[C@H]1CCC[C@@H]1NC(=O)c1cccc(=O)[nH]1. The van der Waals surface area contributed by atoms with Crippen LogP contribution in [-0.2, 0) is 0 Å². The number of carbonyl (C=O) groups is 1. The van der Waals surface area contributed by atoms with Gasteiger partial charge in [-0.2, -0.15) is 5.26 Å². The number of hydrogen-bond donors (Lipinski definition) is 2. The van der Waals surface area contributed by atoms with Crippen molar-refractivity contribution in [3.05, 3.63) is 34.2 Å². The van der Waals surface area contributed by atoms with E-state index in [4.69, 9.17) is 5.26 Å². The molecule has 88 valence electrons. The Labute approximate surface area is 98.5 Å². The molecule has 0 radical (unpaired) electrons. The van der Waals surface area contributed by atoms with Crippen molar-refractivity contribution < 1.29 is 4.79 Å². The zero-order valence-electron chi connectivity index (χ0n) is 9.27. The zero-order valence-corrected chi connectivity index (χ0v) is 9.27. The van der Waals surface area contributed by atoms with Crippen molar-refractivity contribution >= 4 is 5.91 Å². The van der Waals surface area contributed by atoms with E-state index < -0.39 is 0 Å². The number of aromatic nitrogens is 1. The van der Waals surface area contributed by atoms with Gasteiger partial charge in [-0.3, -0.25) is 9.59 Å². The Morgan fingerprint density at radius 3 is 3.00 bits per heavy atom. The van der Waals surface area contributed by atoms with Crippen molar-refractivity contribution in [2.75, 3.05) is 0 Å². The van der Waals surface area contributed by atoms with Gasteiger partial charge in [0.25, 0.3) is 5.91 Å². The number of pyridine rings is 1. The van der Waals surface area contributed by atoms with E-state index in [0.29, 0.717) is 0 Å². The number of H-pyrrole nitrogens is 1. The van der Waals surface area contributed by atoms with E-state index in [0.717, 1.165) is 19.3 Å². The van der Waals surface area contributed by atoms with E-state index in [1.807, 2.05) is 0 Å². The monoisotopic (exact) mass is 231 g/mol. The predicted molar refractivity (Wildman–Crippen MR) is 61.3 cm³/mol. The minimum Gasteiger partial charge on any atom is -0.347 e. The van der Waals surface area contributed by atoms with Crippen LogP contribution in [0.4, 0.5) is 0 Å². The Morgan fingerprint density at radius 2 is 2.29 bits per heavy atom. The Morgan fingerprint density at radius 1 is 1.47 bits per heavy atom. The van der Waals surface area contributed by atoms with E-state index >= 15 is 0 Å². The van der Waals surface area contributed by atoms with E-state index in [1.54, 1.807) is 6.07 Å². The van der Waals surface area contributed by atoms with Crippen LogP contribution in [-0.4, -0.2) is 16.9 Å². The van der Waals surface area contributed by atoms with Crippen LogP contribution in [0.25, 0.3) is 0 Å². The number of nitriles is 1. The van der Waals surface area contributed by atoms with Crippen LogP contribution in [0.5, 0.6) is 0 Å². The molecule has 2 N–H and O–H groups in total. The second-order valence-corrected chi connectivity index (χ2v) is 4.18. The van der Waals surface area contributed by atoms with Gasteiger partial charge in [-0.25, -0.2) is 0 Å². The molecule has 1 aromatic heterocycles. The molecule has 1 aliphatic rings. The molecule has 17 heavy (non-hydrogen) atoms. The van der Waals surface area contributed by atoms with Crippen molar-refractivity contribution in [3.63, 3.8) is 0 Å². The Hall–Kier alpha value is -2.09. The molecule has 0 aromatic carbocycles. The molecule has 5 heteroatoms. The van der Waals surface area contributed by atoms with Gasteiger partial charge in [-0.15, -0.1) is 0 Å². The van der Waals surface area contributed by atoms with Crippen LogP contribution >= 0.6 is 0 Å². The molecular formula is C12H13N3O2. The highest BCUT2D eigenvalue weighted by Gasteiger charge is 2.28. The van der Waals surface area contributed by atoms with E-state index in [-0.39, 0.29) is 29.1 Å². The predicted octanol–water partition coefficient (Wildman–Crippen LogP) is 0.797. The smallest absolute Gasteiger partial charge is 0.268 e. The molecule has 1 fully saturated rings. The lowest BCUT2D eigenvalue weighted by Gasteiger charge is -2.15. The molecule has 2 rings (SSSR count). The number of amides is 1. The van der Waals surface area contributed by atoms with Gasteiger partial charge < -0.3 is 10.3 Å². The summed E-state index contributed by atoms with van der Waals surface area (Å²) in [4.78, 5) is 25.4. The van der Waals surface area contributed by atoms with Gasteiger partial charge >= 0.3 is 0 Å². The maximum absolute atomic E-state index is 11.8. The summed E-state index contributed by atoms with van der Waals surface area (Å²) in [6.45, 7) is 0. The summed E-state index contributed by atoms with van der Waals surface area (Å²) in [5.74, 6) is -0.441. The fraction of sp³-hybridized carbons (Fsp3) is 0.417. The molecule has 0 aliphatic heterocycles. The topological polar surface area (TPSA) is 85.8 Å². The molecule has 0 unspecified atom stereocenters. The number of nitrogens with zero attached hydrogens (tertiary/aromatic N) is 1. The first-order chi connectivity index (χ1) is 8.20. The molecule has 2 atom stereocenters. The maximum atomic E-state index is 11.8. The third-order valence-electron chi connectivity index (χ3n) is 3.01. The third-order valence-corrected chi connectivity index (χ3v) is 3.01. The molecule has 0 saturated heterocycles. The maximum Gasteiger partial charge on any atom is 0.268 e. The average molecular weight is 231 g/mol. The molecule has 0 spiro atoms. The Kier molecular flexibility index (Phi) is 3.24. The minimum atomic E-state index is -0.324. The second kappa shape index (κ2) is 4.83. The van der Waals surface area contributed by atoms with Crippen molar-refractivity contribution in [1.29, 1.82) is 5.26 Å². The molecule has 1 aromatic rings. The van der Waals surface area contributed by atoms with Crippen molar-refractivity contribution in [2.24, 2.45) is 5.92 Å².